The van der Waals surface area contributed by atoms with Crippen LogP contribution < -0.4 is 5.32 Å². The van der Waals surface area contributed by atoms with Gasteiger partial charge in [-0.1, -0.05) is 20.8 Å². The van der Waals surface area contributed by atoms with Crippen LogP contribution in [0, 0.1) is 5.41 Å². The van der Waals surface area contributed by atoms with E-state index in [4.69, 9.17) is 4.74 Å². The van der Waals surface area contributed by atoms with Crippen molar-refractivity contribution in [1.29, 1.82) is 0 Å². The monoisotopic (exact) mass is 171 g/mol. The van der Waals surface area contributed by atoms with Crippen molar-refractivity contribution >= 4 is 0 Å². The van der Waals surface area contributed by atoms with Gasteiger partial charge in [-0.25, -0.2) is 0 Å². The number of ether oxygens (including phenoxy) is 1. The second-order valence-corrected chi connectivity index (χ2v) is 5.07. The zero-order valence-corrected chi connectivity index (χ0v) is 8.90. The Hall–Kier alpha value is -0.0800. The topological polar surface area (TPSA) is 21.3 Å². The van der Waals surface area contributed by atoms with Crippen LogP contribution in [-0.2, 0) is 4.74 Å². The lowest BCUT2D eigenvalue weighted by molar-refractivity contribution is -0.130. The van der Waals surface area contributed by atoms with Crippen molar-refractivity contribution in [3.63, 3.8) is 0 Å². The Balaban J connectivity index is 2.62. The van der Waals surface area contributed by atoms with Crippen molar-refractivity contribution in [2.45, 2.75) is 46.3 Å². The number of rotatable bonds is 0. The molecule has 1 fully saturated rings. The molecule has 0 bridgehead atoms. The molecule has 2 atom stereocenters. The van der Waals surface area contributed by atoms with Gasteiger partial charge in [0.15, 0.2) is 0 Å². The van der Waals surface area contributed by atoms with E-state index in [9.17, 15) is 0 Å². The van der Waals surface area contributed by atoms with Gasteiger partial charge in [0.1, 0.15) is 0 Å². The molecular weight excluding hydrogens is 150 g/mol. The highest BCUT2D eigenvalue weighted by molar-refractivity contribution is 4.93. The van der Waals surface area contributed by atoms with Crippen LogP contribution in [0.15, 0.2) is 0 Å². The summed E-state index contributed by atoms with van der Waals surface area (Å²) in [5.74, 6) is 0. The number of morpholine rings is 1. The van der Waals surface area contributed by atoms with E-state index in [0.717, 1.165) is 13.2 Å². The van der Waals surface area contributed by atoms with Gasteiger partial charge in [-0.3, -0.25) is 0 Å². The Labute approximate surface area is 75.7 Å². The molecule has 0 spiro atoms. The molecule has 12 heavy (non-hydrogen) atoms. The maximum Gasteiger partial charge on any atom is 0.0827 e. The molecule has 1 aliphatic rings. The van der Waals surface area contributed by atoms with Gasteiger partial charge in [-0.2, -0.15) is 0 Å². The van der Waals surface area contributed by atoms with E-state index in [0.29, 0.717) is 6.04 Å². The average molecular weight is 171 g/mol. The van der Waals surface area contributed by atoms with Gasteiger partial charge in [0.25, 0.3) is 0 Å². The third-order valence-corrected chi connectivity index (χ3v) is 3.03. The van der Waals surface area contributed by atoms with E-state index >= 15 is 0 Å². The standard InChI is InChI=1S/C10H21NO/c1-8-6-12-10(5,7-11-8)9(2,3)4/h8,11H,6-7H2,1-5H3/t8-,10-/m0/s1. The molecule has 72 valence electrons. The van der Waals surface area contributed by atoms with E-state index in [1.807, 2.05) is 0 Å². The molecule has 1 saturated heterocycles. The summed E-state index contributed by atoms with van der Waals surface area (Å²) in [6, 6.07) is 0.500. The van der Waals surface area contributed by atoms with Crippen LogP contribution in [0.1, 0.15) is 34.6 Å². The smallest absolute Gasteiger partial charge is 0.0827 e. The first-order valence-corrected chi connectivity index (χ1v) is 4.72. The first-order valence-electron chi connectivity index (χ1n) is 4.72. The normalized spacial score (nSPS) is 38.2. The lowest BCUT2D eigenvalue weighted by Crippen LogP contribution is -2.58. The Morgan fingerprint density at radius 1 is 1.42 bits per heavy atom. The van der Waals surface area contributed by atoms with Crippen LogP contribution in [0.25, 0.3) is 0 Å². The zero-order valence-electron chi connectivity index (χ0n) is 8.90. The fourth-order valence-corrected chi connectivity index (χ4v) is 1.27. The van der Waals surface area contributed by atoms with Crippen LogP contribution in [0.2, 0.25) is 0 Å². The summed E-state index contributed by atoms with van der Waals surface area (Å²) in [5.41, 5.74) is 0.194. The zero-order chi connectivity index (χ0) is 9.41. The minimum absolute atomic E-state index is 0.0144. The maximum absolute atomic E-state index is 5.88. The summed E-state index contributed by atoms with van der Waals surface area (Å²) in [6.07, 6.45) is 0. The first-order chi connectivity index (χ1) is 5.35. The Bertz CT molecular complexity index is 152. The second-order valence-electron chi connectivity index (χ2n) is 5.07. The average Bonchev–Trinajstić information content (AvgIpc) is 1.93. The van der Waals surface area contributed by atoms with E-state index in [1.165, 1.54) is 0 Å². The molecule has 0 aromatic carbocycles. The number of hydrogen-bond acceptors (Lipinski definition) is 2. The molecule has 0 amide bonds. The van der Waals surface area contributed by atoms with Gasteiger partial charge in [0.05, 0.1) is 12.2 Å². The molecule has 1 rings (SSSR count). The second kappa shape index (κ2) is 3.00. The van der Waals surface area contributed by atoms with Crippen LogP contribution in [-0.4, -0.2) is 24.8 Å². The fraction of sp³-hybridized carbons (Fsp3) is 1.00. The van der Waals surface area contributed by atoms with Crippen molar-refractivity contribution in [3.8, 4) is 0 Å². The molecule has 1 heterocycles. The first kappa shape index (κ1) is 10.0. The predicted octanol–water partition coefficient (Wildman–Crippen LogP) is 1.80. The fourth-order valence-electron chi connectivity index (χ4n) is 1.27. The van der Waals surface area contributed by atoms with E-state index in [1.54, 1.807) is 0 Å². The molecular formula is C10H21NO. The summed E-state index contributed by atoms with van der Waals surface area (Å²) in [7, 11) is 0. The minimum Gasteiger partial charge on any atom is -0.372 e. The molecule has 1 N–H and O–H groups in total. The summed E-state index contributed by atoms with van der Waals surface area (Å²) in [5, 5.41) is 3.45. The van der Waals surface area contributed by atoms with Crippen LogP contribution in [0.3, 0.4) is 0 Å². The minimum atomic E-state index is -0.0144. The van der Waals surface area contributed by atoms with Gasteiger partial charge in [-0.05, 0) is 19.3 Å². The van der Waals surface area contributed by atoms with E-state index in [-0.39, 0.29) is 11.0 Å². The van der Waals surface area contributed by atoms with Crippen LogP contribution in [0.4, 0.5) is 0 Å². The van der Waals surface area contributed by atoms with E-state index < -0.39 is 0 Å². The molecule has 0 aromatic heterocycles. The highest BCUT2D eigenvalue weighted by Gasteiger charge is 2.40. The molecule has 0 saturated carbocycles. The molecule has 1 aliphatic heterocycles. The van der Waals surface area contributed by atoms with Gasteiger partial charge in [0, 0.05) is 12.6 Å². The molecule has 0 aliphatic carbocycles. The molecule has 0 unspecified atom stereocenters. The summed E-state index contributed by atoms with van der Waals surface area (Å²) < 4.78 is 5.88. The number of nitrogens with one attached hydrogen (secondary N) is 1. The van der Waals surface area contributed by atoms with Crippen LogP contribution in [0.5, 0.6) is 0 Å². The Kier molecular flexibility index (Phi) is 2.50. The van der Waals surface area contributed by atoms with E-state index in [2.05, 4.69) is 39.9 Å². The SMILES string of the molecule is C[C@H]1CO[C@](C)(C(C)(C)C)CN1. The van der Waals surface area contributed by atoms with Gasteiger partial charge >= 0.3 is 0 Å². The van der Waals surface area contributed by atoms with Crippen molar-refractivity contribution in [3.05, 3.63) is 0 Å². The highest BCUT2D eigenvalue weighted by atomic mass is 16.5. The number of hydrogen-bond donors (Lipinski definition) is 1. The third-order valence-electron chi connectivity index (χ3n) is 3.03. The van der Waals surface area contributed by atoms with Crippen molar-refractivity contribution < 1.29 is 4.74 Å². The largest absolute Gasteiger partial charge is 0.372 e. The lowest BCUT2D eigenvalue weighted by atomic mass is 9.77. The molecule has 0 radical (unpaired) electrons. The van der Waals surface area contributed by atoms with Crippen LogP contribution >= 0.6 is 0 Å². The Morgan fingerprint density at radius 2 is 2.00 bits per heavy atom. The quantitative estimate of drug-likeness (QED) is 0.600. The van der Waals surface area contributed by atoms with Crippen molar-refractivity contribution in [2.24, 2.45) is 5.41 Å². The van der Waals surface area contributed by atoms with Gasteiger partial charge < -0.3 is 10.1 Å². The molecule has 0 aromatic rings. The predicted molar refractivity (Wildman–Crippen MR) is 51.3 cm³/mol. The van der Waals surface area contributed by atoms with Crippen molar-refractivity contribution in [1.82, 2.24) is 5.32 Å². The van der Waals surface area contributed by atoms with Crippen molar-refractivity contribution in [2.75, 3.05) is 13.2 Å². The highest BCUT2D eigenvalue weighted by Crippen LogP contribution is 2.34. The molecule has 2 nitrogen and oxygen atoms in total. The molecule has 2 heteroatoms. The van der Waals surface area contributed by atoms with Gasteiger partial charge in [-0.15, -0.1) is 0 Å². The maximum atomic E-state index is 5.88. The van der Waals surface area contributed by atoms with Gasteiger partial charge in [0.2, 0.25) is 0 Å². The summed E-state index contributed by atoms with van der Waals surface area (Å²) in [4.78, 5) is 0. The summed E-state index contributed by atoms with van der Waals surface area (Å²) >= 11 is 0. The Morgan fingerprint density at radius 3 is 2.33 bits per heavy atom. The lowest BCUT2D eigenvalue weighted by Gasteiger charge is -2.46. The summed E-state index contributed by atoms with van der Waals surface area (Å²) in [6.45, 7) is 12.8. The third kappa shape index (κ3) is 1.80.